The lowest BCUT2D eigenvalue weighted by Gasteiger charge is -2.35. The van der Waals surface area contributed by atoms with E-state index in [4.69, 9.17) is 4.74 Å². The fourth-order valence-electron chi connectivity index (χ4n) is 3.19. The maximum atomic E-state index is 12.5. The first-order valence-electron chi connectivity index (χ1n) is 7.64. The summed E-state index contributed by atoms with van der Waals surface area (Å²) in [7, 11) is 1.62. The van der Waals surface area contributed by atoms with Crippen LogP contribution in [0.3, 0.4) is 0 Å². The number of amides is 1. The van der Waals surface area contributed by atoms with Crippen molar-refractivity contribution < 1.29 is 14.6 Å². The van der Waals surface area contributed by atoms with E-state index >= 15 is 0 Å². The lowest BCUT2D eigenvalue weighted by atomic mass is 9.72. The molecule has 4 nitrogen and oxygen atoms in total. The van der Waals surface area contributed by atoms with Crippen molar-refractivity contribution in [1.82, 2.24) is 0 Å². The molecule has 1 aliphatic rings. The summed E-state index contributed by atoms with van der Waals surface area (Å²) >= 11 is 0. The van der Waals surface area contributed by atoms with Crippen molar-refractivity contribution in [3.05, 3.63) is 24.3 Å². The van der Waals surface area contributed by atoms with Crippen molar-refractivity contribution in [2.75, 3.05) is 12.4 Å². The van der Waals surface area contributed by atoms with Crippen LogP contribution in [-0.4, -0.2) is 24.2 Å². The molecule has 116 valence electrons. The molecule has 4 heteroatoms. The normalized spacial score (nSPS) is 27.0. The highest BCUT2D eigenvalue weighted by Crippen LogP contribution is 2.36. The number of carbonyl (C=O) groups is 1. The minimum Gasteiger partial charge on any atom is -0.497 e. The highest BCUT2D eigenvalue weighted by Gasteiger charge is 2.36. The third kappa shape index (κ3) is 3.97. The van der Waals surface area contributed by atoms with E-state index in [1.54, 1.807) is 14.0 Å². The van der Waals surface area contributed by atoms with Crippen LogP contribution in [0.5, 0.6) is 5.75 Å². The van der Waals surface area contributed by atoms with Crippen LogP contribution in [-0.2, 0) is 4.79 Å². The van der Waals surface area contributed by atoms with Gasteiger partial charge < -0.3 is 15.2 Å². The molecule has 0 spiro atoms. The summed E-state index contributed by atoms with van der Waals surface area (Å²) < 4.78 is 5.11. The van der Waals surface area contributed by atoms with Crippen LogP contribution in [0, 0.1) is 17.8 Å². The zero-order valence-corrected chi connectivity index (χ0v) is 13.0. The van der Waals surface area contributed by atoms with Gasteiger partial charge in [-0.15, -0.1) is 0 Å². The summed E-state index contributed by atoms with van der Waals surface area (Å²) in [5, 5.41) is 12.9. The Bertz CT molecular complexity index is 469. The Kier molecular flexibility index (Phi) is 5.23. The zero-order chi connectivity index (χ0) is 15.4. The molecule has 1 amide bonds. The average Bonchev–Trinajstić information content (AvgIpc) is 2.47. The summed E-state index contributed by atoms with van der Waals surface area (Å²) in [4.78, 5) is 12.5. The number of benzene rings is 1. The second-order valence-corrected chi connectivity index (χ2v) is 6.15. The average molecular weight is 291 g/mol. The van der Waals surface area contributed by atoms with E-state index in [2.05, 4.69) is 12.2 Å². The van der Waals surface area contributed by atoms with Crippen LogP contribution in [0.25, 0.3) is 0 Å². The van der Waals surface area contributed by atoms with Gasteiger partial charge in [0.05, 0.1) is 13.2 Å². The highest BCUT2D eigenvalue weighted by atomic mass is 16.5. The SMILES string of the molecule is COc1ccc(NC(=O)[C@@H]2C[C@H](C)CC[C@H]2C(C)O)cc1. The van der Waals surface area contributed by atoms with Gasteiger partial charge in [-0.05, 0) is 55.9 Å². The molecular formula is C17H25NO3. The smallest absolute Gasteiger partial charge is 0.227 e. The van der Waals surface area contributed by atoms with Crippen molar-refractivity contribution in [1.29, 1.82) is 0 Å². The van der Waals surface area contributed by atoms with Gasteiger partial charge in [-0.2, -0.15) is 0 Å². The predicted octanol–water partition coefficient (Wildman–Crippen LogP) is 3.07. The minimum absolute atomic E-state index is 0.0117. The Morgan fingerprint density at radius 2 is 2.00 bits per heavy atom. The summed E-state index contributed by atoms with van der Waals surface area (Å²) in [5.74, 6) is 1.25. The first-order chi connectivity index (χ1) is 10.0. The number of carbonyl (C=O) groups excluding carboxylic acids is 1. The van der Waals surface area contributed by atoms with E-state index in [0.717, 1.165) is 30.7 Å². The molecular weight excluding hydrogens is 266 g/mol. The van der Waals surface area contributed by atoms with Crippen molar-refractivity contribution in [2.24, 2.45) is 17.8 Å². The zero-order valence-electron chi connectivity index (χ0n) is 13.0. The summed E-state index contributed by atoms with van der Waals surface area (Å²) in [6.07, 6.45) is 2.41. The molecule has 2 rings (SSSR count). The molecule has 1 saturated carbocycles. The van der Waals surface area contributed by atoms with Crippen LogP contribution in [0.4, 0.5) is 5.69 Å². The van der Waals surface area contributed by atoms with Crippen molar-refractivity contribution >= 4 is 11.6 Å². The van der Waals surface area contributed by atoms with Crippen LogP contribution >= 0.6 is 0 Å². The Hall–Kier alpha value is -1.55. The molecule has 0 aliphatic heterocycles. The predicted molar refractivity (Wildman–Crippen MR) is 83.3 cm³/mol. The molecule has 0 radical (unpaired) electrons. The second kappa shape index (κ2) is 6.94. The fraction of sp³-hybridized carbons (Fsp3) is 0.588. The summed E-state index contributed by atoms with van der Waals surface area (Å²) in [5.41, 5.74) is 0.767. The molecule has 1 aromatic carbocycles. The lowest BCUT2D eigenvalue weighted by molar-refractivity contribution is -0.125. The topological polar surface area (TPSA) is 58.6 Å². The van der Waals surface area contributed by atoms with Gasteiger partial charge >= 0.3 is 0 Å². The summed E-state index contributed by atoms with van der Waals surface area (Å²) in [6, 6.07) is 7.32. The second-order valence-electron chi connectivity index (χ2n) is 6.15. The molecule has 1 aliphatic carbocycles. The van der Waals surface area contributed by atoms with Gasteiger partial charge in [0.1, 0.15) is 5.75 Å². The van der Waals surface area contributed by atoms with Crippen molar-refractivity contribution in [3.8, 4) is 5.75 Å². The lowest BCUT2D eigenvalue weighted by Crippen LogP contribution is -2.39. The standard InChI is InChI=1S/C17H25NO3/c1-11-4-9-15(12(2)19)16(10-11)17(20)18-13-5-7-14(21-3)8-6-13/h5-8,11-12,15-16,19H,4,9-10H2,1-3H3,(H,18,20)/t11-,12?,15+,16-/m1/s1. The van der Waals surface area contributed by atoms with Gasteiger partial charge in [0.2, 0.25) is 5.91 Å². The number of aliphatic hydroxyl groups is 1. The maximum Gasteiger partial charge on any atom is 0.227 e. The molecule has 0 heterocycles. The molecule has 1 unspecified atom stereocenters. The Labute approximate surface area is 126 Å². The molecule has 21 heavy (non-hydrogen) atoms. The Balaban J connectivity index is 2.05. The van der Waals surface area contributed by atoms with E-state index in [9.17, 15) is 9.90 Å². The number of hydrogen-bond donors (Lipinski definition) is 2. The van der Waals surface area contributed by atoms with E-state index in [-0.39, 0.29) is 17.7 Å². The van der Waals surface area contributed by atoms with Gasteiger partial charge in [0.25, 0.3) is 0 Å². The van der Waals surface area contributed by atoms with Crippen molar-refractivity contribution in [3.63, 3.8) is 0 Å². The van der Waals surface area contributed by atoms with Crippen LogP contribution < -0.4 is 10.1 Å². The third-order valence-corrected chi connectivity index (χ3v) is 4.48. The number of nitrogens with one attached hydrogen (secondary N) is 1. The number of anilines is 1. The number of ether oxygens (including phenoxy) is 1. The first kappa shape index (κ1) is 15.8. The van der Waals surface area contributed by atoms with Gasteiger partial charge in [-0.25, -0.2) is 0 Å². The molecule has 0 saturated heterocycles. The highest BCUT2D eigenvalue weighted by molar-refractivity contribution is 5.92. The van der Waals surface area contributed by atoms with Gasteiger partial charge in [0.15, 0.2) is 0 Å². The number of aliphatic hydroxyl groups excluding tert-OH is 1. The van der Waals surface area contributed by atoms with E-state index in [0.29, 0.717) is 5.92 Å². The largest absolute Gasteiger partial charge is 0.497 e. The van der Waals surface area contributed by atoms with Crippen LogP contribution in [0.2, 0.25) is 0 Å². The van der Waals surface area contributed by atoms with Gasteiger partial charge in [-0.1, -0.05) is 13.3 Å². The molecule has 0 aromatic heterocycles. The number of hydrogen-bond acceptors (Lipinski definition) is 3. The van der Waals surface area contributed by atoms with Crippen LogP contribution in [0.15, 0.2) is 24.3 Å². The molecule has 1 fully saturated rings. The number of methoxy groups -OCH3 is 1. The van der Waals surface area contributed by atoms with Crippen LogP contribution in [0.1, 0.15) is 33.1 Å². The Morgan fingerprint density at radius 3 is 2.57 bits per heavy atom. The van der Waals surface area contributed by atoms with E-state index in [1.807, 2.05) is 24.3 Å². The van der Waals surface area contributed by atoms with Crippen molar-refractivity contribution in [2.45, 2.75) is 39.2 Å². The van der Waals surface area contributed by atoms with Gasteiger partial charge in [0, 0.05) is 11.6 Å². The van der Waals surface area contributed by atoms with E-state index in [1.165, 1.54) is 0 Å². The minimum atomic E-state index is -0.441. The molecule has 4 atom stereocenters. The molecule has 0 bridgehead atoms. The molecule has 1 aromatic rings. The Morgan fingerprint density at radius 1 is 1.33 bits per heavy atom. The monoisotopic (exact) mass is 291 g/mol. The fourth-order valence-corrected chi connectivity index (χ4v) is 3.19. The summed E-state index contributed by atoms with van der Waals surface area (Å²) in [6.45, 7) is 3.96. The number of rotatable bonds is 4. The first-order valence-corrected chi connectivity index (χ1v) is 7.64. The van der Waals surface area contributed by atoms with Gasteiger partial charge in [-0.3, -0.25) is 4.79 Å². The maximum absolute atomic E-state index is 12.5. The van der Waals surface area contributed by atoms with E-state index < -0.39 is 6.10 Å². The molecule has 2 N–H and O–H groups in total. The third-order valence-electron chi connectivity index (χ3n) is 4.48. The quantitative estimate of drug-likeness (QED) is 0.896.